The van der Waals surface area contributed by atoms with Gasteiger partial charge in [0.25, 0.3) is 5.91 Å². The van der Waals surface area contributed by atoms with Gasteiger partial charge in [0.05, 0.1) is 6.54 Å². The highest BCUT2D eigenvalue weighted by molar-refractivity contribution is 6.31. The van der Waals surface area contributed by atoms with Crippen molar-refractivity contribution in [3.63, 3.8) is 0 Å². The molecule has 5 rings (SSSR count). The summed E-state index contributed by atoms with van der Waals surface area (Å²) in [5.74, 6) is -0.111. The zero-order chi connectivity index (χ0) is 28.1. The number of halogens is 1. The van der Waals surface area contributed by atoms with Gasteiger partial charge >= 0.3 is 0 Å². The second-order valence-corrected chi connectivity index (χ2v) is 11.5. The van der Waals surface area contributed by atoms with Crippen LogP contribution in [0.25, 0.3) is 10.8 Å². The van der Waals surface area contributed by atoms with E-state index in [4.69, 9.17) is 11.6 Å². The first-order valence-corrected chi connectivity index (χ1v) is 14.7. The molecule has 0 bridgehead atoms. The van der Waals surface area contributed by atoms with Crippen LogP contribution in [0.15, 0.2) is 85.1 Å². The number of amides is 2. The Labute approximate surface area is 242 Å². The summed E-state index contributed by atoms with van der Waals surface area (Å²) in [5.41, 5.74) is 2.72. The number of aromatic nitrogens is 1. The predicted molar refractivity (Wildman–Crippen MR) is 163 cm³/mol. The smallest absolute Gasteiger partial charge is 0.254 e. The highest BCUT2D eigenvalue weighted by atomic mass is 35.5. The first kappa shape index (κ1) is 28.0. The molecule has 0 spiro atoms. The van der Waals surface area contributed by atoms with Crippen LogP contribution in [0.3, 0.4) is 0 Å². The standard InChI is InChI=1S/C34H38ClN3O2/c1-25(2)37(34(40)28-19-18-26-11-6-7-12-27(26)21-28)24-33(39)38(30-14-4-3-5-15-30)23-31-16-10-20-36(31)22-29-13-8-9-17-32(29)35/h6-13,16-21,25,30H,3-5,14-15,22-24H2,1-2H3. The Balaban J connectivity index is 1.38. The lowest BCUT2D eigenvalue weighted by Crippen LogP contribution is -2.49. The Bertz CT molecular complexity index is 1470. The van der Waals surface area contributed by atoms with Crippen LogP contribution >= 0.6 is 11.6 Å². The molecule has 0 unspecified atom stereocenters. The molecular formula is C34H38ClN3O2. The number of carbonyl (C=O) groups is 2. The predicted octanol–water partition coefficient (Wildman–Crippen LogP) is 7.56. The van der Waals surface area contributed by atoms with Crippen molar-refractivity contribution in [3.05, 3.63) is 107 Å². The molecule has 1 aliphatic carbocycles. The molecule has 1 heterocycles. The van der Waals surface area contributed by atoms with Gasteiger partial charge < -0.3 is 14.4 Å². The van der Waals surface area contributed by atoms with Gasteiger partial charge in [-0.25, -0.2) is 0 Å². The molecule has 2 amide bonds. The van der Waals surface area contributed by atoms with E-state index in [2.05, 4.69) is 10.6 Å². The summed E-state index contributed by atoms with van der Waals surface area (Å²) in [4.78, 5) is 31.5. The average molecular weight is 556 g/mol. The zero-order valence-electron chi connectivity index (χ0n) is 23.4. The highest BCUT2D eigenvalue weighted by Crippen LogP contribution is 2.26. The Morgan fingerprint density at radius 2 is 1.62 bits per heavy atom. The molecule has 6 heteroatoms. The molecule has 0 radical (unpaired) electrons. The molecule has 208 valence electrons. The summed E-state index contributed by atoms with van der Waals surface area (Å²) in [6, 6.07) is 25.8. The normalized spacial score (nSPS) is 14.0. The van der Waals surface area contributed by atoms with Crippen LogP contribution in [0.4, 0.5) is 0 Å². The van der Waals surface area contributed by atoms with E-state index in [1.807, 2.05) is 97.7 Å². The molecule has 1 aromatic heterocycles. The third-order valence-electron chi connectivity index (χ3n) is 8.08. The van der Waals surface area contributed by atoms with E-state index < -0.39 is 0 Å². The van der Waals surface area contributed by atoms with Crippen molar-refractivity contribution in [2.24, 2.45) is 0 Å². The largest absolute Gasteiger partial charge is 0.345 e. The van der Waals surface area contributed by atoms with Crippen molar-refractivity contribution in [2.75, 3.05) is 6.54 Å². The van der Waals surface area contributed by atoms with E-state index >= 15 is 0 Å². The van der Waals surface area contributed by atoms with Gasteiger partial charge in [0, 0.05) is 41.1 Å². The maximum atomic E-state index is 14.1. The maximum Gasteiger partial charge on any atom is 0.254 e. The van der Waals surface area contributed by atoms with Gasteiger partial charge in [0.15, 0.2) is 0 Å². The second kappa shape index (κ2) is 12.7. The summed E-state index contributed by atoms with van der Waals surface area (Å²) in [6.45, 7) is 5.17. The molecule has 1 saturated carbocycles. The average Bonchev–Trinajstić information content (AvgIpc) is 3.41. The summed E-state index contributed by atoms with van der Waals surface area (Å²) in [5, 5.41) is 2.85. The van der Waals surface area contributed by atoms with Gasteiger partial charge in [-0.2, -0.15) is 0 Å². The molecule has 0 saturated heterocycles. The lowest BCUT2D eigenvalue weighted by Gasteiger charge is -2.37. The highest BCUT2D eigenvalue weighted by Gasteiger charge is 2.30. The van der Waals surface area contributed by atoms with Gasteiger partial charge in [-0.3, -0.25) is 9.59 Å². The molecule has 0 aliphatic heterocycles. The first-order chi connectivity index (χ1) is 19.4. The minimum atomic E-state index is -0.111. The van der Waals surface area contributed by atoms with Crippen LogP contribution in [-0.2, 0) is 17.9 Å². The number of benzene rings is 3. The fourth-order valence-electron chi connectivity index (χ4n) is 5.76. The number of hydrogen-bond acceptors (Lipinski definition) is 2. The van der Waals surface area contributed by atoms with Crippen molar-refractivity contribution in [1.29, 1.82) is 0 Å². The fraction of sp³-hybridized carbons (Fsp3) is 0.353. The van der Waals surface area contributed by atoms with Crippen LogP contribution in [0.2, 0.25) is 5.02 Å². The van der Waals surface area contributed by atoms with Crippen LogP contribution in [0.1, 0.15) is 67.6 Å². The molecular weight excluding hydrogens is 518 g/mol. The van der Waals surface area contributed by atoms with Gasteiger partial charge in [0.1, 0.15) is 6.54 Å². The molecule has 1 aliphatic rings. The summed E-state index contributed by atoms with van der Waals surface area (Å²) < 4.78 is 2.17. The van der Waals surface area contributed by atoms with Gasteiger partial charge in [-0.1, -0.05) is 79.4 Å². The third kappa shape index (κ3) is 6.42. The minimum Gasteiger partial charge on any atom is -0.345 e. The van der Waals surface area contributed by atoms with Gasteiger partial charge in [-0.15, -0.1) is 0 Å². The van der Waals surface area contributed by atoms with Crippen molar-refractivity contribution in [2.45, 2.75) is 71.1 Å². The molecule has 1 fully saturated rings. The number of carbonyl (C=O) groups excluding carboxylic acids is 2. The van der Waals surface area contributed by atoms with E-state index in [-0.39, 0.29) is 30.4 Å². The summed E-state index contributed by atoms with van der Waals surface area (Å²) >= 11 is 6.46. The van der Waals surface area contributed by atoms with E-state index in [9.17, 15) is 9.59 Å². The Hall–Kier alpha value is -3.57. The van der Waals surface area contributed by atoms with Crippen LogP contribution in [-0.4, -0.2) is 44.8 Å². The molecule has 5 nitrogen and oxygen atoms in total. The number of hydrogen-bond donors (Lipinski definition) is 0. The maximum absolute atomic E-state index is 14.1. The van der Waals surface area contributed by atoms with Crippen LogP contribution in [0.5, 0.6) is 0 Å². The second-order valence-electron chi connectivity index (χ2n) is 11.1. The SMILES string of the molecule is CC(C)N(CC(=O)N(Cc1cccn1Cc1ccccc1Cl)C1CCCCC1)C(=O)c1ccc2ccccc2c1. The summed E-state index contributed by atoms with van der Waals surface area (Å²) in [6.07, 6.45) is 7.50. The van der Waals surface area contributed by atoms with E-state index in [0.29, 0.717) is 18.7 Å². The van der Waals surface area contributed by atoms with E-state index in [1.165, 1.54) is 6.42 Å². The lowest BCUT2D eigenvalue weighted by molar-refractivity contribution is -0.136. The van der Waals surface area contributed by atoms with Crippen molar-refractivity contribution < 1.29 is 9.59 Å². The fourth-order valence-corrected chi connectivity index (χ4v) is 5.95. The van der Waals surface area contributed by atoms with Gasteiger partial charge in [0.2, 0.25) is 5.91 Å². The molecule has 4 aromatic rings. The Morgan fingerprint density at radius 1 is 0.900 bits per heavy atom. The lowest BCUT2D eigenvalue weighted by atomic mass is 9.94. The molecule has 0 atom stereocenters. The zero-order valence-corrected chi connectivity index (χ0v) is 24.2. The number of rotatable bonds is 9. The summed E-state index contributed by atoms with van der Waals surface area (Å²) in [7, 11) is 0. The molecule has 40 heavy (non-hydrogen) atoms. The van der Waals surface area contributed by atoms with Gasteiger partial charge in [-0.05, 0) is 73.4 Å². The number of nitrogens with zero attached hydrogens (tertiary/aromatic N) is 3. The van der Waals surface area contributed by atoms with E-state index in [0.717, 1.165) is 52.7 Å². The monoisotopic (exact) mass is 555 g/mol. The quantitative estimate of drug-likeness (QED) is 0.214. The van der Waals surface area contributed by atoms with Crippen molar-refractivity contribution >= 4 is 34.2 Å². The topological polar surface area (TPSA) is 45.6 Å². The molecule has 0 N–H and O–H groups in total. The van der Waals surface area contributed by atoms with Crippen molar-refractivity contribution in [1.82, 2.24) is 14.4 Å². The minimum absolute atomic E-state index is 0.000215. The first-order valence-electron chi connectivity index (χ1n) is 14.4. The molecule has 3 aromatic carbocycles. The van der Waals surface area contributed by atoms with Crippen LogP contribution < -0.4 is 0 Å². The Kier molecular flexibility index (Phi) is 8.91. The number of fused-ring (bicyclic) bond motifs is 1. The van der Waals surface area contributed by atoms with Crippen molar-refractivity contribution in [3.8, 4) is 0 Å². The Morgan fingerprint density at radius 3 is 2.38 bits per heavy atom. The van der Waals surface area contributed by atoms with E-state index in [1.54, 1.807) is 4.90 Å². The van der Waals surface area contributed by atoms with Crippen LogP contribution in [0, 0.1) is 0 Å². The third-order valence-corrected chi connectivity index (χ3v) is 8.45.